The molecule has 0 bridgehead atoms. The van der Waals surface area contributed by atoms with E-state index in [1.165, 1.54) is 25.0 Å². The summed E-state index contributed by atoms with van der Waals surface area (Å²) in [6.45, 7) is 1.44. The van der Waals surface area contributed by atoms with E-state index in [4.69, 9.17) is 15.6 Å². The molecule has 1 aromatic carbocycles. The minimum absolute atomic E-state index is 0.0866. The van der Waals surface area contributed by atoms with Crippen molar-refractivity contribution in [2.45, 2.75) is 31.7 Å². The molecule has 1 fully saturated rings. The molecular weight excluding hydrogens is 354 g/mol. The number of rotatable bonds is 4. The van der Waals surface area contributed by atoms with Crippen molar-refractivity contribution in [3.05, 3.63) is 65.0 Å². The van der Waals surface area contributed by atoms with E-state index in [0.717, 1.165) is 36.1 Å². The van der Waals surface area contributed by atoms with Crippen molar-refractivity contribution in [2.75, 3.05) is 17.2 Å². The van der Waals surface area contributed by atoms with Gasteiger partial charge in [-0.05, 0) is 43.2 Å². The zero-order valence-corrected chi connectivity index (χ0v) is 15.4. The van der Waals surface area contributed by atoms with Gasteiger partial charge in [-0.2, -0.15) is 0 Å². The number of nitrogens with zero attached hydrogens (tertiary/aromatic N) is 3. The largest absolute Gasteiger partial charge is 0.508 e. The summed E-state index contributed by atoms with van der Waals surface area (Å²) in [6.07, 6.45) is 4.87. The van der Waals surface area contributed by atoms with Gasteiger partial charge in [0.25, 0.3) is 0 Å². The number of aromatic hydroxyl groups is 1. The van der Waals surface area contributed by atoms with Gasteiger partial charge in [-0.1, -0.05) is 0 Å². The lowest BCUT2D eigenvalue weighted by Crippen LogP contribution is -2.30. The fourth-order valence-electron chi connectivity index (χ4n) is 3.58. The number of hydrogen-bond acceptors (Lipinski definition) is 7. The molecular formula is C21H21N5O2. The van der Waals surface area contributed by atoms with Crippen LogP contribution in [0.15, 0.2) is 40.9 Å². The van der Waals surface area contributed by atoms with Gasteiger partial charge in [0, 0.05) is 41.9 Å². The summed E-state index contributed by atoms with van der Waals surface area (Å²) < 4.78 is 5.99. The lowest BCUT2D eigenvalue weighted by atomic mass is 10.0. The Bertz CT molecular complexity index is 1070. The van der Waals surface area contributed by atoms with Gasteiger partial charge in [-0.25, -0.2) is 9.97 Å². The first-order valence-electron chi connectivity index (χ1n) is 9.46. The van der Waals surface area contributed by atoms with Crippen LogP contribution in [0.4, 0.5) is 11.5 Å². The highest BCUT2D eigenvalue weighted by atomic mass is 16.4. The summed E-state index contributed by atoms with van der Waals surface area (Å²) in [7, 11) is 0. The molecule has 1 aliphatic heterocycles. The van der Waals surface area contributed by atoms with E-state index in [9.17, 15) is 5.11 Å². The van der Waals surface area contributed by atoms with Crippen molar-refractivity contribution in [2.24, 2.45) is 0 Å². The molecule has 142 valence electrons. The highest BCUT2D eigenvalue weighted by molar-refractivity contribution is 6.14. The smallest absolute Gasteiger partial charge is 0.197 e. The van der Waals surface area contributed by atoms with E-state index in [2.05, 4.69) is 14.9 Å². The number of benzene rings is 1. The fraction of sp³-hybridized carbons (Fsp3) is 0.286. The molecule has 0 unspecified atom stereocenters. The molecule has 2 aromatic heterocycles. The fourth-order valence-corrected chi connectivity index (χ4v) is 3.58. The second kappa shape index (κ2) is 6.37. The van der Waals surface area contributed by atoms with Gasteiger partial charge in [0.1, 0.15) is 17.3 Å². The predicted molar refractivity (Wildman–Crippen MR) is 106 cm³/mol. The van der Waals surface area contributed by atoms with Crippen molar-refractivity contribution in [3.63, 3.8) is 0 Å². The summed E-state index contributed by atoms with van der Waals surface area (Å²) in [5.41, 5.74) is 8.97. The number of phenols is 1. The Balaban J connectivity index is 1.41. The molecule has 1 saturated carbocycles. The Morgan fingerprint density at radius 2 is 2.11 bits per heavy atom. The Labute approximate surface area is 162 Å². The number of phenolic OH excluding ortho intramolecular Hbond substituents is 1. The monoisotopic (exact) mass is 375 g/mol. The zero-order chi connectivity index (χ0) is 19.3. The number of aromatic nitrogens is 2. The highest BCUT2D eigenvalue weighted by Crippen LogP contribution is 2.41. The summed E-state index contributed by atoms with van der Waals surface area (Å²) in [6, 6.07) is 8.30. The van der Waals surface area contributed by atoms with Crippen molar-refractivity contribution in [1.82, 2.24) is 9.97 Å². The van der Waals surface area contributed by atoms with Gasteiger partial charge in [-0.15, -0.1) is 0 Å². The molecule has 3 heterocycles. The lowest BCUT2D eigenvalue weighted by Gasteiger charge is -2.26. The average molecular weight is 375 g/mol. The maximum absolute atomic E-state index is 9.74. The number of fused-ring (bicyclic) bond motifs is 1. The van der Waals surface area contributed by atoms with Crippen LogP contribution < -0.4 is 10.6 Å². The molecule has 28 heavy (non-hydrogen) atoms. The third-order valence-corrected chi connectivity index (χ3v) is 5.34. The van der Waals surface area contributed by atoms with Gasteiger partial charge in [0.15, 0.2) is 5.89 Å². The molecule has 5 rings (SSSR count). The number of nitrogens with one attached hydrogen (secondary N) is 1. The minimum Gasteiger partial charge on any atom is -0.508 e. The molecule has 0 atom stereocenters. The third-order valence-electron chi connectivity index (χ3n) is 5.34. The van der Waals surface area contributed by atoms with E-state index in [1.807, 2.05) is 6.07 Å². The average Bonchev–Trinajstić information content (AvgIpc) is 3.48. The third kappa shape index (κ3) is 2.98. The minimum atomic E-state index is 0.0866. The van der Waals surface area contributed by atoms with E-state index in [1.54, 1.807) is 18.3 Å². The molecule has 0 saturated heterocycles. The van der Waals surface area contributed by atoms with E-state index < -0.39 is 0 Å². The van der Waals surface area contributed by atoms with Crippen LogP contribution in [0.2, 0.25) is 0 Å². The van der Waals surface area contributed by atoms with Gasteiger partial charge in [0.2, 0.25) is 0 Å². The predicted octanol–water partition coefficient (Wildman–Crippen LogP) is 3.21. The number of nitrogen functional groups attached to an aromatic ring is 1. The normalized spacial score (nSPS) is 16.1. The molecule has 4 N–H and O–H groups in total. The van der Waals surface area contributed by atoms with Crippen molar-refractivity contribution in [1.29, 1.82) is 5.41 Å². The number of pyridine rings is 1. The molecule has 0 radical (unpaired) electrons. The summed E-state index contributed by atoms with van der Waals surface area (Å²) in [5.74, 6) is 3.19. The van der Waals surface area contributed by atoms with Crippen LogP contribution in [0.1, 0.15) is 47.2 Å². The number of hydrogen-bond donors (Lipinski definition) is 3. The molecule has 7 nitrogen and oxygen atoms in total. The molecule has 0 amide bonds. The summed E-state index contributed by atoms with van der Waals surface area (Å²) >= 11 is 0. The van der Waals surface area contributed by atoms with Crippen molar-refractivity contribution < 1.29 is 9.52 Å². The van der Waals surface area contributed by atoms with Crippen molar-refractivity contribution in [3.8, 4) is 5.75 Å². The first kappa shape index (κ1) is 16.8. The Kier molecular flexibility index (Phi) is 3.82. The van der Waals surface area contributed by atoms with Crippen LogP contribution in [0.5, 0.6) is 5.75 Å². The SMILES string of the molecule is N=C(c1ccnc(N2CCc3nc(C4CC4)oc3C2)c1)c1cc(O)ccc1N. The maximum Gasteiger partial charge on any atom is 0.197 e. The standard InChI is InChI=1S/C21H21N5O2/c22-16-4-3-14(27)10-15(16)20(23)13-5-7-24-19(9-13)26-8-6-17-18(11-26)28-21(25-17)12-1-2-12/h3-5,7,9-10,12,23,27H,1-2,6,8,11,22H2. The molecule has 0 spiro atoms. The lowest BCUT2D eigenvalue weighted by molar-refractivity contribution is 0.444. The van der Waals surface area contributed by atoms with Gasteiger partial charge >= 0.3 is 0 Å². The number of nitrogens with two attached hydrogens (primary N) is 1. The van der Waals surface area contributed by atoms with Crippen LogP contribution in [-0.2, 0) is 13.0 Å². The van der Waals surface area contributed by atoms with Crippen LogP contribution in [-0.4, -0.2) is 27.3 Å². The molecule has 7 heteroatoms. The second-order valence-corrected chi connectivity index (χ2v) is 7.42. The van der Waals surface area contributed by atoms with E-state index >= 15 is 0 Å². The first-order chi connectivity index (χ1) is 13.6. The number of oxazole rings is 1. The van der Waals surface area contributed by atoms with Gasteiger partial charge in [0.05, 0.1) is 18.0 Å². The first-order valence-corrected chi connectivity index (χ1v) is 9.46. The van der Waals surface area contributed by atoms with E-state index in [-0.39, 0.29) is 11.5 Å². The zero-order valence-electron chi connectivity index (χ0n) is 15.4. The number of anilines is 2. The molecule has 3 aromatic rings. The van der Waals surface area contributed by atoms with E-state index in [0.29, 0.717) is 29.3 Å². The second-order valence-electron chi connectivity index (χ2n) is 7.42. The Hall–Kier alpha value is -3.35. The summed E-state index contributed by atoms with van der Waals surface area (Å²) in [5, 5.41) is 18.3. The van der Waals surface area contributed by atoms with Crippen molar-refractivity contribution >= 4 is 17.2 Å². The van der Waals surface area contributed by atoms with Crippen LogP contribution in [0.3, 0.4) is 0 Å². The topological polar surface area (TPSA) is 112 Å². The van der Waals surface area contributed by atoms with Crippen LogP contribution in [0, 0.1) is 5.41 Å². The molecule has 2 aliphatic rings. The highest BCUT2D eigenvalue weighted by Gasteiger charge is 2.32. The quantitative estimate of drug-likeness (QED) is 0.367. The van der Waals surface area contributed by atoms with Gasteiger partial charge < -0.3 is 20.2 Å². The molecule has 1 aliphatic carbocycles. The maximum atomic E-state index is 9.74. The van der Waals surface area contributed by atoms with Crippen LogP contribution >= 0.6 is 0 Å². The van der Waals surface area contributed by atoms with Gasteiger partial charge in [-0.3, -0.25) is 5.41 Å². The summed E-state index contributed by atoms with van der Waals surface area (Å²) in [4.78, 5) is 11.3. The Morgan fingerprint density at radius 1 is 1.25 bits per heavy atom. The Morgan fingerprint density at radius 3 is 2.93 bits per heavy atom. The van der Waals surface area contributed by atoms with Crippen LogP contribution in [0.25, 0.3) is 0 Å².